The van der Waals surface area contributed by atoms with Crippen LogP contribution >= 0.6 is 11.3 Å². The molecule has 124 valence electrons. The second kappa shape index (κ2) is 6.50. The Hall–Kier alpha value is -1.97. The second-order valence-electron chi connectivity index (χ2n) is 7.17. The van der Waals surface area contributed by atoms with E-state index in [0.717, 1.165) is 21.8 Å². The first-order valence-electron chi connectivity index (χ1n) is 8.25. The third-order valence-electron chi connectivity index (χ3n) is 4.26. The van der Waals surface area contributed by atoms with Crippen molar-refractivity contribution in [1.29, 1.82) is 0 Å². The SMILES string of the molecule is Cc1sc(C(N)c2ccc(C(C)(C)C)cc2)nc1-c1ccccc1. The Morgan fingerprint density at radius 2 is 1.58 bits per heavy atom. The van der Waals surface area contributed by atoms with Gasteiger partial charge in [-0.25, -0.2) is 4.98 Å². The van der Waals surface area contributed by atoms with Crippen molar-refractivity contribution in [3.05, 3.63) is 75.6 Å². The summed E-state index contributed by atoms with van der Waals surface area (Å²) in [6, 6.07) is 18.7. The Morgan fingerprint density at radius 3 is 2.17 bits per heavy atom. The van der Waals surface area contributed by atoms with Crippen molar-refractivity contribution in [2.24, 2.45) is 5.73 Å². The molecule has 0 amide bonds. The molecule has 2 nitrogen and oxygen atoms in total. The molecule has 1 atom stereocenters. The molecule has 0 fully saturated rings. The van der Waals surface area contributed by atoms with Crippen molar-refractivity contribution < 1.29 is 0 Å². The van der Waals surface area contributed by atoms with Crippen LogP contribution in [0.25, 0.3) is 11.3 Å². The smallest absolute Gasteiger partial charge is 0.115 e. The molecule has 0 saturated heterocycles. The van der Waals surface area contributed by atoms with Crippen LogP contribution in [0.4, 0.5) is 0 Å². The second-order valence-corrected chi connectivity index (χ2v) is 8.41. The molecule has 0 aliphatic carbocycles. The predicted octanol–water partition coefficient (Wildman–Crippen LogP) is 5.46. The van der Waals surface area contributed by atoms with Crippen LogP contribution in [-0.4, -0.2) is 4.98 Å². The van der Waals surface area contributed by atoms with Crippen LogP contribution in [0.2, 0.25) is 0 Å². The van der Waals surface area contributed by atoms with E-state index in [9.17, 15) is 0 Å². The summed E-state index contributed by atoms with van der Waals surface area (Å²) in [6.45, 7) is 8.77. The Balaban J connectivity index is 1.90. The number of thiazole rings is 1. The van der Waals surface area contributed by atoms with Gasteiger partial charge in [0, 0.05) is 10.4 Å². The van der Waals surface area contributed by atoms with Crippen LogP contribution in [0.1, 0.15) is 47.8 Å². The number of nitrogens with zero attached hydrogens (tertiary/aromatic N) is 1. The molecule has 3 aromatic rings. The number of hydrogen-bond acceptors (Lipinski definition) is 3. The molecule has 0 saturated carbocycles. The summed E-state index contributed by atoms with van der Waals surface area (Å²) in [5.74, 6) is 0. The number of aromatic nitrogens is 1. The Kier molecular flexibility index (Phi) is 4.57. The van der Waals surface area contributed by atoms with Crippen LogP contribution in [0, 0.1) is 6.92 Å². The Morgan fingerprint density at radius 1 is 0.958 bits per heavy atom. The van der Waals surface area contributed by atoms with Gasteiger partial charge in [0.05, 0.1) is 11.7 Å². The van der Waals surface area contributed by atoms with E-state index in [1.54, 1.807) is 11.3 Å². The minimum Gasteiger partial charge on any atom is -0.318 e. The van der Waals surface area contributed by atoms with Crippen LogP contribution in [0.3, 0.4) is 0 Å². The van der Waals surface area contributed by atoms with Gasteiger partial charge in [-0.3, -0.25) is 0 Å². The van der Waals surface area contributed by atoms with E-state index in [4.69, 9.17) is 10.7 Å². The first-order chi connectivity index (χ1) is 11.4. The fourth-order valence-electron chi connectivity index (χ4n) is 2.75. The molecule has 1 unspecified atom stereocenters. The summed E-state index contributed by atoms with van der Waals surface area (Å²) in [5.41, 5.74) is 11.2. The number of hydrogen-bond donors (Lipinski definition) is 1. The molecule has 3 heteroatoms. The van der Waals surface area contributed by atoms with Gasteiger partial charge >= 0.3 is 0 Å². The summed E-state index contributed by atoms with van der Waals surface area (Å²) in [6.07, 6.45) is 0. The van der Waals surface area contributed by atoms with Gasteiger partial charge < -0.3 is 5.73 Å². The van der Waals surface area contributed by atoms with E-state index in [0.29, 0.717) is 0 Å². The third kappa shape index (κ3) is 3.42. The van der Waals surface area contributed by atoms with E-state index in [1.165, 1.54) is 10.4 Å². The highest BCUT2D eigenvalue weighted by Gasteiger charge is 2.18. The molecular weight excluding hydrogens is 312 g/mol. The molecule has 1 aromatic heterocycles. The molecule has 0 radical (unpaired) electrons. The normalized spacial score (nSPS) is 13.0. The fourth-order valence-corrected chi connectivity index (χ4v) is 3.72. The van der Waals surface area contributed by atoms with Crippen LogP contribution in [-0.2, 0) is 5.41 Å². The van der Waals surface area contributed by atoms with Gasteiger partial charge in [0.25, 0.3) is 0 Å². The van der Waals surface area contributed by atoms with Gasteiger partial charge in [0.15, 0.2) is 0 Å². The fraction of sp³-hybridized carbons (Fsp3) is 0.286. The Labute approximate surface area is 148 Å². The van der Waals surface area contributed by atoms with Crippen LogP contribution in [0.5, 0.6) is 0 Å². The van der Waals surface area contributed by atoms with Crippen molar-refractivity contribution in [3.63, 3.8) is 0 Å². The average Bonchev–Trinajstić information content (AvgIpc) is 2.96. The van der Waals surface area contributed by atoms with Crippen molar-refractivity contribution in [1.82, 2.24) is 4.98 Å². The molecule has 2 N–H and O–H groups in total. The topological polar surface area (TPSA) is 38.9 Å². The maximum Gasteiger partial charge on any atom is 0.115 e. The molecule has 0 aliphatic rings. The summed E-state index contributed by atoms with van der Waals surface area (Å²) in [4.78, 5) is 6.03. The highest BCUT2D eigenvalue weighted by Crippen LogP contribution is 2.32. The summed E-state index contributed by atoms with van der Waals surface area (Å²) < 4.78 is 0. The number of aryl methyl sites for hydroxylation is 1. The average molecular weight is 337 g/mol. The maximum absolute atomic E-state index is 6.48. The quantitative estimate of drug-likeness (QED) is 0.689. The molecule has 24 heavy (non-hydrogen) atoms. The summed E-state index contributed by atoms with van der Waals surface area (Å²) in [5, 5.41) is 0.967. The lowest BCUT2D eigenvalue weighted by Crippen LogP contribution is -2.14. The van der Waals surface area contributed by atoms with Crippen LogP contribution in [0.15, 0.2) is 54.6 Å². The van der Waals surface area contributed by atoms with E-state index in [1.807, 2.05) is 18.2 Å². The molecule has 0 aliphatic heterocycles. The van der Waals surface area contributed by atoms with E-state index >= 15 is 0 Å². The van der Waals surface area contributed by atoms with Gasteiger partial charge in [0.2, 0.25) is 0 Å². The zero-order valence-corrected chi connectivity index (χ0v) is 15.5. The zero-order valence-electron chi connectivity index (χ0n) is 14.7. The molecule has 0 bridgehead atoms. The minimum atomic E-state index is -0.180. The molecular formula is C21H24N2S. The van der Waals surface area contributed by atoms with Crippen molar-refractivity contribution in [2.75, 3.05) is 0 Å². The summed E-state index contributed by atoms with van der Waals surface area (Å²) in [7, 11) is 0. The lowest BCUT2D eigenvalue weighted by Gasteiger charge is -2.20. The molecule has 2 aromatic carbocycles. The highest BCUT2D eigenvalue weighted by atomic mass is 32.1. The largest absolute Gasteiger partial charge is 0.318 e. The number of rotatable bonds is 3. The van der Waals surface area contributed by atoms with E-state index < -0.39 is 0 Å². The minimum absolute atomic E-state index is 0.154. The number of benzene rings is 2. The highest BCUT2D eigenvalue weighted by molar-refractivity contribution is 7.12. The lowest BCUT2D eigenvalue weighted by molar-refractivity contribution is 0.589. The van der Waals surface area contributed by atoms with Gasteiger partial charge in [-0.15, -0.1) is 11.3 Å². The Bertz CT molecular complexity index is 811. The molecule has 3 rings (SSSR count). The van der Waals surface area contributed by atoms with Crippen molar-refractivity contribution in [2.45, 2.75) is 39.2 Å². The van der Waals surface area contributed by atoms with Gasteiger partial charge in [-0.2, -0.15) is 0 Å². The van der Waals surface area contributed by atoms with Gasteiger partial charge in [-0.05, 0) is 23.5 Å². The third-order valence-corrected chi connectivity index (χ3v) is 5.32. The monoisotopic (exact) mass is 336 g/mol. The lowest BCUT2D eigenvalue weighted by atomic mass is 9.86. The van der Waals surface area contributed by atoms with Crippen molar-refractivity contribution >= 4 is 11.3 Å². The number of nitrogens with two attached hydrogens (primary N) is 1. The standard InChI is InChI=1S/C21H24N2S/c1-14-19(16-8-6-5-7-9-16)23-20(24-14)18(22)15-10-12-17(13-11-15)21(2,3)4/h5-13,18H,22H2,1-4H3. The van der Waals surface area contributed by atoms with Gasteiger partial charge in [0.1, 0.15) is 5.01 Å². The van der Waals surface area contributed by atoms with Crippen molar-refractivity contribution in [3.8, 4) is 11.3 Å². The zero-order chi connectivity index (χ0) is 17.3. The maximum atomic E-state index is 6.48. The predicted molar refractivity (Wildman–Crippen MR) is 103 cm³/mol. The first kappa shape index (κ1) is 16.9. The van der Waals surface area contributed by atoms with E-state index in [-0.39, 0.29) is 11.5 Å². The molecule has 1 heterocycles. The van der Waals surface area contributed by atoms with E-state index in [2.05, 4.69) is 64.1 Å². The molecule has 0 spiro atoms. The summed E-state index contributed by atoms with van der Waals surface area (Å²) >= 11 is 1.69. The first-order valence-corrected chi connectivity index (χ1v) is 9.06. The van der Waals surface area contributed by atoms with Crippen LogP contribution < -0.4 is 5.73 Å². The van der Waals surface area contributed by atoms with Gasteiger partial charge in [-0.1, -0.05) is 75.4 Å².